The molecule has 3 N–H and O–H groups in total. The molecule has 2 amide bonds. The standard InChI is InChI=1S/C14H25N3O3/c1-20-9-12(15)14(19)16-10-7-13(18)17(8-10)11-5-3-2-4-6-11/h10-12H,2-9,15H2,1H3,(H,16,19). The molecule has 0 aromatic carbocycles. The maximum atomic E-state index is 12.1. The van der Waals surface area contributed by atoms with E-state index in [0.717, 1.165) is 12.8 Å². The second-order valence-corrected chi connectivity index (χ2v) is 5.81. The first-order valence-corrected chi connectivity index (χ1v) is 7.46. The highest BCUT2D eigenvalue weighted by molar-refractivity contribution is 5.85. The van der Waals surface area contributed by atoms with E-state index in [-0.39, 0.29) is 24.5 Å². The normalized spacial score (nSPS) is 25.8. The highest BCUT2D eigenvalue weighted by atomic mass is 16.5. The van der Waals surface area contributed by atoms with E-state index in [1.165, 1.54) is 26.4 Å². The second kappa shape index (κ2) is 7.04. The number of nitrogens with one attached hydrogen (secondary N) is 1. The van der Waals surface area contributed by atoms with E-state index in [1.54, 1.807) is 0 Å². The summed E-state index contributed by atoms with van der Waals surface area (Å²) in [5.41, 5.74) is 5.68. The monoisotopic (exact) mass is 283 g/mol. The van der Waals surface area contributed by atoms with Crippen LogP contribution in [0.5, 0.6) is 0 Å². The van der Waals surface area contributed by atoms with Crippen molar-refractivity contribution < 1.29 is 14.3 Å². The van der Waals surface area contributed by atoms with Gasteiger partial charge in [0.1, 0.15) is 6.04 Å². The number of carbonyl (C=O) groups excluding carboxylic acids is 2. The second-order valence-electron chi connectivity index (χ2n) is 5.81. The lowest BCUT2D eigenvalue weighted by Gasteiger charge is -2.31. The van der Waals surface area contributed by atoms with Gasteiger partial charge in [-0.1, -0.05) is 19.3 Å². The van der Waals surface area contributed by atoms with Crippen LogP contribution in [0.15, 0.2) is 0 Å². The maximum Gasteiger partial charge on any atom is 0.239 e. The van der Waals surface area contributed by atoms with Crippen molar-refractivity contribution in [2.45, 2.75) is 56.7 Å². The van der Waals surface area contributed by atoms with Gasteiger partial charge in [0.05, 0.1) is 12.6 Å². The van der Waals surface area contributed by atoms with Crippen molar-refractivity contribution in [3.05, 3.63) is 0 Å². The summed E-state index contributed by atoms with van der Waals surface area (Å²) in [4.78, 5) is 25.9. The third-order valence-corrected chi connectivity index (χ3v) is 4.20. The van der Waals surface area contributed by atoms with Gasteiger partial charge in [0.25, 0.3) is 0 Å². The molecule has 0 aromatic rings. The van der Waals surface area contributed by atoms with Crippen LogP contribution in [0.1, 0.15) is 38.5 Å². The Morgan fingerprint density at radius 2 is 2.15 bits per heavy atom. The lowest BCUT2D eigenvalue weighted by atomic mass is 9.94. The average Bonchev–Trinajstić information content (AvgIpc) is 2.80. The first-order valence-electron chi connectivity index (χ1n) is 7.46. The van der Waals surface area contributed by atoms with Gasteiger partial charge in [-0.25, -0.2) is 0 Å². The summed E-state index contributed by atoms with van der Waals surface area (Å²) in [5.74, 6) is -0.0855. The van der Waals surface area contributed by atoms with Gasteiger partial charge in [-0.15, -0.1) is 0 Å². The predicted octanol–water partition coefficient (Wildman–Crippen LogP) is 0.00990. The van der Waals surface area contributed by atoms with E-state index in [4.69, 9.17) is 10.5 Å². The van der Waals surface area contributed by atoms with Gasteiger partial charge in [-0.3, -0.25) is 9.59 Å². The number of hydrogen-bond acceptors (Lipinski definition) is 4. The summed E-state index contributed by atoms with van der Waals surface area (Å²) < 4.78 is 4.86. The highest BCUT2D eigenvalue weighted by Crippen LogP contribution is 2.26. The number of hydrogen-bond donors (Lipinski definition) is 2. The predicted molar refractivity (Wildman–Crippen MR) is 75.0 cm³/mol. The smallest absolute Gasteiger partial charge is 0.239 e. The van der Waals surface area contributed by atoms with Crippen LogP contribution in [0, 0.1) is 0 Å². The minimum Gasteiger partial charge on any atom is -0.383 e. The molecule has 2 rings (SSSR count). The van der Waals surface area contributed by atoms with Crippen molar-refractivity contribution in [2.75, 3.05) is 20.3 Å². The quantitative estimate of drug-likeness (QED) is 0.744. The zero-order valence-electron chi connectivity index (χ0n) is 12.1. The average molecular weight is 283 g/mol. The minimum atomic E-state index is -0.668. The van der Waals surface area contributed by atoms with Crippen molar-refractivity contribution in [2.24, 2.45) is 5.73 Å². The maximum absolute atomic E-state index is 12.1. The fraction of sp³-hybridized carbons (Fsp3) is 0.857. The van der Waals surface area contributed by atoms with Crippen molar-refractivity contribution in [1.29, 1.82) is 0 Å². The highest BCUT2D eigenvalue weighted by Gasteiger charge is 2.35. The molecule has 0 spiro atoms. The van der Waals surface area contributed by atoms with Crippen LogP contribution in [-0.2, 0) is 14.3 Å². The number of carbonyl (C=O) groups is 2. The van der Waals surface area contributed by atoms with Crippen LogP contribution in [0.4, 0.5) is 0 Å². The molecular formula is C14H25N3O3. The van der Waals surface area contributed by atoms with E-state index in [1.807, 2.05) is 4.90 Å². The summed E-state index contributed by atoms with van der Waals surface area (Å²) in [6.45, 7) is 0.813. The third kappa shape index (κ3) is 3.70. The largest absolute Gasteiger partial charge is 0.383 e. The van der Waals surface area contributed by atoms with Gasteiger partial charge in [0, 0.05) is 26.1 Å². The Morgan fingerprint density at radius 3 is 2.80 bits per heavy atom. The van der Waals surface area contributed by atoms with Crippen LogP contribution in [0.3, 0.4) is 0 Å². The summed E-state index contributed by atoms with van der Waals surface area (Å²) in [5, 5.41) is 2.86. The molecule has 2 atom stereocenters. The summed E-state index contributed by atoms with van der Waals surface area (Å²) in [7, 11) is 1.51. The van der Waals surface area contributed by atoms with E-state index < -0.39 is 6.04 Å². The summed E-state index contributed by atoms with van der Waals surface area (Å²) >= 11 is 0. The molecule has 1 heterocycles. The molecule has 1 aliphatic heterocycles. The van der Waals surface area contributed by atoms with Crippen LogP contribution >= 0.6 is 0 Å². The number of amides is 2. The molecule has 20 heavy (non-hydrogen) atoms. The number of methoxy groups -OCH3 is 1. The van der Waals surface area contributed by atoms with Crippen LogP contribution in [0.25, 0.3) is 0 Å². The van der Waals surface area contributed by atoms with Crippen molar-refractivity contribution in [1.82, 2.24) is 10.2 Å². The fourth-order valence-electron chi connectivity index (χ4n) is 3.14. The number of likely N-dealkylation sites (tertiary alicyclic amines) is 1. The lowest BCUT2D eigenvalue weighted by molar-refractivity contribution is -0.130. The van der Waals surface area contributed by atoms with Crippen molar-refractivity contribution in [3.63, 3.8) is 0 Å². The Kier molecular flexibility index (Phi) is 5.37. The van der Waals surface area contributed by atoms with E-state index in [2.05, 4.69) is 5.32 Å². The van der Waals surface area contributed by atoms with Gasteiger partial charge in [0.2, 0.25) is 11.8 Å². The zero-order valence-corrected chi connectivity index (χ0v) is 12.1. The molecule has 2 aliphatic rings. The third-order valence-electron chi connectivity index (χ3n) is 4.20. The fourth-order valence-corrected chi connectivity index (χ4v) is 3.14. The number of nitrogens with two attached hydrogens (primary N) is 1. The van der Waals surface area contributed by atoms with Crippen molar-refractivity contribution >= 4 is 11.8 Å². The van der Waals surface area contributed by atoms with E-state index >= 15 is 0 Å². The zero-order chi connectivity index (χ0) is 14.5. The molecule has 6 heteroatoms. The molecule has 6 nitrogen and oxygen atoms in total. The van der Waals surface area contributed by atoms with Gasteiger partial charge in [-0.05, 0) is 12.8 Å². The van der Waals surface area contributed by atoms with Gasteiger partial charge < -0.3 is 20.7 Å². The Balaban J connectivity index is 1.83. The van der Waals surface area contributed by atoms with Crippen LogP contribution in [-0.4, -0.2) is 55.1 Å². The van der Waals surface area contributed by atoms with E-state index in [9.17, 15) is 9.59 Å². The molecule has 114 valence electrons. The Bertz CT molecular complexity index is 356. The molecule has 1 saturated heterocycles. The Labute approximate surface area is 120 Å². The Morgan fingerprint density at radius 1 is 1.45 bits per heavy atom. The number of rotatable bonds is 5. The molecular weight excluding hydrogens is 258 g/mol. The first-order chi connectivity index (χ1) is 9.61. The molecule has 1 saturated carbocycles. The van der Waals surface area contributed by atoms with Crippen LogP contribution < -0.4 is 11.1 Å². The minimum absolute atomic E-state index is 0.111. The lowest BCUT2D eigenvalue weighted by Crippen LogP contribution is -2.48. The Hall–Kier alpha value is -1.14. The SMILES string of the molecule is COCC(N)C(=O)NC1CC(=O)N(C2CCCCC2)C1. The molecule has 0 bridgehead atoms. The van der Waals surface area contributed by atoms with Crippen molar-refractivity contribution in [3.8, 4) is 0 Å². The molecule has 0 radical (unpaired) electrons. The number of ether oxygens (including phenoxy) is 1. The first kappa shape index (κ1) is 15.3. The van der Waals surface area contributed by atoms with E-state index in [0.29, 0.717) is 19.0 Å². The van der Waals surface area contributed by atoms with Gasteiger partial charge in [-0.2, -0.15) is 0 Å². The van der Waals surface area contributed by atoms with Gasteiger partial charge in [0.15, 0.2) is 0 Å². The molecule has 0 aromatic heterocycles. The van der Waals surface area contributed by atoms with Crippen LogP contribution in [0.2, 0.25) is 0 Å². The van der Waals surface area contributed by atoms with Gasteiger partial charge >= 0.3 is 0 Å². The topological polar surface area (TPSA) is 84.7 Å². The molecule has 2 unspecified atom stereocenters. The molecule has 1 aliphatic carbocycles. The summed E-state index contributed by atoms with van der Waals surface area (Å²) in [6, 6.07) is -0.413. The molecule has 2 fully saturated rings. The number of nitrogens with zero attached hydrogens (tertiary/aromatic N) is 1. The summed E-state index contributed by atoms with van der Waals surface area (Å²) in [6.07, 6.45) is 6.24.